The fourth-order valence-corrected chi connectivity index (χ4v) is 8.62. The molecule has 0 aliphatic carbocycles. The molecule has 0 fully saturated rings. The van der Waals surface area contributed by atoms with Gasteiger partial charge in [-0.3, -0.25) is 0 Å². The van der Waals surface area contributed by atoms with Gasteiger partial charge in [0.25, 0.3) is 0 Å². The molecule has 2 unspecified atom stereocenters. The van der Waals surface area contributed by atoms with E-state index in [9.17, 15) is 71.5 Å². The van der Waals surface area contributed by atoms with E-state index >= 15 is 0 Å². The van der Waals surface area contributed by atoms with Gasteiger partial charge in [-0.1, -0.05) is 18.7 Å². The summed E-state index contributed by atoms with van der Waals surface area (Å²) in [6.07, 6.45) is -8.40. The number of aliphatic hydroxyl groups excluding tert-OH is 3. The van der Waals surface area contributed by atoms with Gasteiger partial charge in [0.2, 0.25) is 0 Å². The third kappa shape index (κ3) is 6.46. The maximum absolute atomic E-state index is 12.4. The van der Waals surface area contributed by atoms with Gasteiger partial charge in [0.05, 0.1) is 17.6 Å². The van der Waals surface area contributed by atoms with Crippen LogP contribution in [-0.4, -0.2) is 89.8 Å². The second-order valence-electron chi connectivity index (χ2n) is 15.6. The third-order valence-corrected chi connectivity index (χ3v) is 11.6. The van der Waals surface area contributed by atoms with E-state index in [2.05, 4.69) is 6.58 Å². The van der Waals surface area contributed by atoms with Crippen LogP contribution < -0.4 is 18.9 Å². The summed E-state index contributed by atoms with van der Waals surface area (Å²) in [5.74, 6) is -11.4. The lowest BCUT2D eigenvalue weighted by atomic mass is 9.75. The molecule has 0 amide bonds. The Morgan fingerprint density at radius 3 is 1.70 bits per heavy atom. The number of phenols is 11. The summed E-state index contributed by atoms with van der Waals surface area (Å²) in [5.41, 5.74) is -0.875. The van der Waals surface area contributed by atoms with E-state index in [0.717, 1.165) is 66.7 Å². The molecule has 3 aliphatic rings. The van der Waals surface area contributed by atoms with Crippen LogP contribution in [0.25, 0.3) is 5.57 Å². The largest absolute Gasteiger partial charge is 0.508 e. The average molecular weight is 879 g/mol. The number of hydrogen-bond donors (Lipinski definition) is 14. The van der Waals surface area contributed by atoms with E-state index in [0.29, 0.717) is 0 Å². The number of benzene rings is 6. The second-order valence-corrected chi connectivity index (χ2v) is 15.6. The maximum atomic E-state index is 12.4. The van der Waals surface area contributed by atoms with Crippen molar-refractivity contribution in [2.24, 2.45) is 0 Å². The molecule has 3 aliphatic heterocycles. The smallest absolute Gasteiger partial charge is 0.308 e. The molecular weight excluding hydrogens is 840 g/mol. The summed E-state index contributed by atoms with van der Waals surface area (Å²) >= 11 is 0. The first-order valence-electron chi connectivity index (χ1n) is 19.4. The highest BCUT2D eigenvalue weighted by Gasteiger charge is 2.55. The molecule has 0 bridgehead atoms. The quantitative estimate of drug-likeness (QED) is 0.0998. The Morgan fingerprint density at radius 2 is 1.09 bits per heavy atom. The predicted octanol–water partition coefficient (Wildman–Crippen LogP) is 4.81. The van der Waals surface area contributed by atoms with Crippen LogP contribution in [-0.2, 0) is 12.2 Å². The molecule has 18 heteroatoms. The Kier molecular flexibility index (Phi) is 9.55. The molecule has 18 nitrogen and oxygen atoms in total. The Morgan fingerprint density at radius 1 is 0.547 bits per heavy atom. The SMILES string of the molecule is C=C1c2c(cc(O)c3c2OC(c2ccc(O)c(O)c2)[C@H](O)C3c2c(O)cc(O)c3c2O[C@H](c2ccc(O)c(O)c2)[C@@H](O)C3)O[C@@](Oc2cc(O)cc(O)c2)(c2ccc(O)c(O)c2)[C@@H]1O. The van der Waals surface area contributed by atoms with E-state index in [1.807, 2.05) is 0 Å². The first-order chi connectivity index (χ1) is 30.4. The van der Waals surface area contributed by atoms with Gasteiger partial charge in [0, 0.05) is 59.0 Å². The van der Waals surface area contributed by atoms with E-state index in [4.69, 9.17) is 18.9 Å². The van der Waals surface area contributed by atoms with Gasteiger partial charge in [-0.2, -0.15) is 0 Å². The number of aliphatic hydroxyl groups is 3. The number of hydrogen-bond acceptors (Lipinski definition) is 18. The number of phenolic OH excluding ortho intramolecular Hbond substituents is 11. The van der Waals surface area contributed by atoms with Gasteiger partial charge in [0.1, 0.15) is 64.0 Å². The summed E-state index contributed by atoms with van der Waals surface area (Å²) in [4.78, 5) is 0. The van der Waals surface area contributed by atoms with Crippen LogP contribution in [0, 0.1) is 0 Å². The highest BCUT2D eigenvalue weighted by molar-refractivity contribution is 5.83. The van der Waals surface area contributed by atoms with Gasteiger partial charge in [-0.25, -0.2) is 0 Å². The van der Waals surface area contributed by atoms with E-state index < -0.39 is 105 Å². The normalized spacial score (nSPS) is 23.4. The van der Waals surface area contributed by atoms with Crippen molar-refractivity contribution in [3.8, 4) is 86.2 Å². The predicted molar refractivity (Wildman–Crippen MR) is 219 cm³/mol. The molecule has 6 aromatic rings. The molecule has 0 spiro atoms. The van der Waals surface area contributed by atoms with Gasteiger partial charge < -0.3 is 90.4 Å². The summed E-state index contributed by atoms with van der Waals surface area (Å²) in [7, 11) is 0. The molecule has 7 atom stereocenters. The molecule has 9 rings (SSSR count). The van der Waals surface area contributed by atoms with Gasteiger partial charge in [-0.15, -0.1) is 0 Å². The Labute approximate surface area is 360 Å². The third-order valence-electron chi connectivity index (χ3n) is 11.6. The lowest BCUT2D eigenvalue weighted by molar-refractivity contribution is -0.181. The minimum Gasteiger partial charge on any atom is -0.508 e. The van der Waals surface area contributed by atoms with Crippen molar-refractivity contribution in [2.75, 3.05) is 0 Å². The van der Waals surface area contributed by atoms with E-state index in [1.54, 1.807) is 0 Å². The molecule has 0 saturated heterocycles. The van der Waals surface area contributed by atoms with Crippen molar-refractivity contribution < 1.29 is 90.4 Å². The van der Waals surface area contributed by atoms with Crippen LogP contribution in [0.5, 0.6) is 86.2 Å². The first-order valence-corrected chi connectivity index (χ1v) is 19.4. The molecule has 330 valence electrons. The summed E-state index contributed by atoms with van der Waals surface area (Å²) in [6.45, 7) is 4.13. The summed E-state index contributed by atoms with van der Waals surface area (Å²) in [5, 5.41) is 154. The van der Waals surface area contributed by atoms with Crippen molar-refractivity contribution >= 4 is 5.57 Å². The Hall–Kier alpha value is -8.06. The second kappa shape index (κ2) is 14.8. The molecular formula is C46H38O18. The van der Waals surface area contributed by atoms with Crippen LogP contribution >= 0.6 is 0 Å². The number of aromatic hydroxyl groups is 11. The fourth-order valence-electron chi connectivity index (χ4n) is 8.62. The zero-order valence-corrected chi connectivity index (χ0v) is 32.9. The zero-order valence-electron chi connectivity index (χ0n) is 32.9. The molecule has 0 radical (unpaired) electrons. The van der Waals surface area contributed by atoms with Crippen LogP contribution in [0.4, 0.5) is 0 Å². The number of rotatable bonds is 6. The standard InChI is InChI=1S/C46H38O18/c1-17-36-35(64-46(45(17)60,20-4-7-27(51)31(55)10-20)63-23-12-21(47)11-22(48)13-23)16-33(57)38-39(40(59)42(62-44(36)38)19-3-6-26(50)30(54)9-19)37-32(56)15-28(52)24-14-34(58)41(61-43(24)37)18-2-5-25(49)29(53)8-18/h2-13,15-16,34,39-42,45,47-60H,1,14H2/t34-,39?,40+,41+,42?,45+,46-/m0/s1. The van der Waals surface area contributed by atoms with Crippen LogP contribution in [0.3, 0.4) is 0 Å². The molecule has 64 heavy (non-hydrogen) atoms. The van der Waals surface area contributed by atoms with Crippen LogP contribution in [0.2, 0.25) is 0 Å². The molecule has 14 N–H and O–H groups in total. The topological polar surface area (TPSA) is 320 Å². The van der Waals surface area contributed by atoms with E-state index in [-0.39, 0.29) is 73.9 Å². The van der Waals surface area contributed by atoms with Gasteiger partial charge in [0.15, 0.2) is 46.7 Å². The van der Waals surface area contributed by atoms with Gasteiger partial charge in [-0.05, 0) is 59.2 Å². The van der Waals surface area contributed by atoms with Crippen molar-refractivity contribution in [3.63, 3.8) is 0 Å². The Balaban J connectivity index is 1.27. The van der Waals surface area contributed by atoms with E-state index in [1.165, 1.54) is 18.2 Å². The first kappa shape index (κ1) is 41.3. The van der Waals surface area contributed by atoms with Crippen LogP contribution in [0.15, 0.2) is 91.5 Å². The molecule has 3 heterocycles. The molecule has 0 aromatic heterocycles. The molecule has 0 saturated carbocycles. The fraction of sp³-hybridized carbons (Fsp3) is 0.174. The lowest BCUT2D eigenvalue weighted by Gasteiger charge is -2.45. The number of fused-ring (bicyclic) bond motifs is 4. The van der Waals surface area contributed by atoms with Crippen molar-refractivity contribution in [1.29, 1.82) is 0 Å². The minimum absolute atomic E-state index is 0.0312. The van der Waals surface area contributed by atoms with Crippen molar-refractivity contribution in [3.05, 3.63) is 130 Å². The Bertz CT molecular complexity index is 2890. The number of ether oxygens (including phenoxy) is 4. The summed E-state index contributed by atoms with van der Waals surface area (Å²) < 4.78 is 25.5. The average Bonchev–Trinajstić information content (AvgIpc) is 3.23. The maximum Gasteiger partial charge on any atom is 0.308 e. The lowest BCUT2D eigenvalue weighted by Crippen LogP contribution is -2.52. The minimum atomic E-state index is -2.48. The summed E-state index contributed by atoms with van der Waals surface area (Å²) in [6, 6.07) is 15.7. The zero-order chi connectivity index (χ0) is 45.7. The molecule has 6 aromatic carbocycles. The highest BCUT2D eigenvalue weighted by Crippen LogP contribution is 2.61. The monoisotopic (exact) mass is 878 g/mol. The van der Waals surface area contributed by atoms with Crippen molar-refractivity contribution in [1.82, 2.24) is 0 Å². The van der Waals surface area contributed by atoms with Crippen LogP contribution in [0.1, 0.15) is 57.1 Å². The van der Waals surface area contributed by atoms with Gasteiger partial charge >= 0.3 is 5.79 Å². The van der Waals surface area contributed by atoms with Crippen molar-refractivity contribution in [2.45, 2.75) is 48.6 Å². The highest BCUT2D eigenvalue weighted by atomic mass is 16.7.